The summed E-state index contributed by atoms with van der Waals surface area (Å²) in [4.78, 5) is 20.5. The second kappa shape index (κ2) is 8.13. The van der Waals surface area contributed by atoms with Crippen LogP contribution >= 0.6 is 0 Å². The molecule has 0 saturated heterocycles. The molecule has 0 aromatic rings. The molecule has 0 aromatic heterocycles. The van der Waals surface area contributed by atoms with Crippen molar-refractivity contribution in [1.29, 1.82) is 0 Å². The molecule has 2 N–H and O–H groups in total. The molecule has 0 saturated carbocycles. The Balaban J connectivity index is 0. The van der Waals surface area contributed by atoms with Crippen LogP contribution in [0.1, 0.15) is 26.2 Å². The summed E-state index contributed by atoms with van der Waals surface area (Å²) in [5, 5.41) is 16.8. The van der Waals surface area contributed by atoms with Crippen molar-refractivity contribution in [2.24, 2.45) is 5.92 Å². The summed E-state index contributed by atoms with van der Waals surface area (Å²) in [5.41, 5.74) is 0. The van der Waals surface area contributed by atoms with Crippen LogP contribution in [-0.4, -0.2) is 71.0 Å². The second-order valence-electron chi connectivity index (χ2n) is 2.37. The van der Waals surface area contributed by atoms with Crippen molar-refractivity contribution in [3.63, 3.8) is 0 Å². The molecular formula is C7H14BaO4. The summed E-state index contributed by atoms with van der Waals surface area (Å²) in [6.07, 6.45) is 1.68. The molecule has 0 spiro atoms. The molecule has 68 valence electrons. The fraction of sp³-hybridized carbons (Fsp3) is 0.714. The first-order valence-electron chi connectivity index (χ1n) is 3.55. The maximum absolute atomic E-state index is 10.3. The molecule has 0 aliphatic carbocycles. The van der Waals surface area contributed by atoms with E-state index in [1.807, 2.05) is 6.92 Å². The van der Waals surface area contributed by atoms with E-state index in [2.05, 4.69) is 0 Å². The third kappa shape index (κ3) is 6.07. The van der Waals surface area contributed by atoms with Crippen molar-refractivity contribution in [3.05, 3.63) is 0 Å². The zero-order chi connectivity index (χ0) is 8.85. The Bertz CT molecular complexity index is 143. The third-order valence-corrected chi connectivity index (χ3v) is 1.44. The topological polar surface area (TPSA) is 74.6 Å². The van der Waals surface area contributed by atoms with Crippen molar-refractivity contribution in [2.45, 2.75) is 26.2 Å². The molecule has 5 heteroatoms. The van der Waals surface area contributed by atoms with Crippen LogP contribution in [0.25, 0.3) is 0 Å². The Morgan fingerprint density at radius 3 is 1.92 bits per heavy atom. The van der Waals surface area contributed by atoms with Crippen molar-refractivity contribution < 1.29 is 19.8 Å². The van der Waals surface area contributed by atoms with Crippen LogP contribution in [0.2, 0.25) is 0 Å². The molecule has 0 bridgehead atoms. The molecule has 0 atom stereocenters. The predicted molar refractivity (Wildman–Crippen MR) is 46.8 cm³/mol. The molecule has 0 fully saturated rings. The molecule has 0 aromatic carbocycles. The van der Waals surface area contributed by atoms with E-state index in [4.69, 9.17) is 10.2 Å². The summed E-state index contributed by atoms with van der Waals surface area (Å²) < 4.78 is 0. The van der Waals surface area contributed by atoms with Crippen LogP contribution in [0.3, 0.4) is 0 Å². The van der Waals surface area contributed by atoms with Gasteiger partial charge in [-0.2, -0.15) is 0 Å². The van der Waals surface area contributed by atoms with Gasteiger partial charge >= 0.3 is 60.8 Å². The predicted octanol–water partition coefficient (Wildman–Crippen LogP) is 0.0458. The number of unbranched alkanes of at least 4 members (excludes halogenated alkanes) is 1. The van der Waals surface area contributed by atoms with Gasteiger partial charge in [-0.3, -0.25) is 9.59 Å². The van der Waals surface area contributed by atoms with Gasteiger partial charge in [-0.1, -0.05) is 19.8 Å². The third-order valence-electron chi connectivity index (χ3n) is 1.44. The van der Waals surface area contributed by atoms with Crippen molar-refractivity contribution in [3.8, 4) is 0 Å². The van der Waals surface area contributed by atoms with E-state index in [-0.39, 0.29) is 55.3 Å². The standard InChI is InChI=1S/C7H12O4.Ba.2H/c1-2-3-4-5(6(8)9)7(10)11;;;/h5H,2-4H2,1H3,(H,8,9)(H,10,11);;;. The van der Waals surface area contributed by atoms with Gasteiger partial charge in [0.2, 0.25) is 0 Å². The van der Waals surface area contributed by atoms with Crippen LogP contribution in [0.4, 0.5) is 0 Å². The first-order valence-corrected chi connectivity index (χ1v) is 3.55. The van der Waals surface area contributed by atoms with Gasteiger partial charge in [-0.15, -0.1) is 0 Å². The number of hydrogen-bond donors (Lipinski definition) is 2. The number of carboxylic acids is 2. The molecule has 4 nitrogen and oxygen atoms in total. The Hall–Kier alpha value is 0.511. The van der Waals surface area contributed by atoms with E-state index in [0.29, 0.717) is 6.42 Å². The van der Waals surface area contributed by atoms with E-state index in [0.717, 1.165) is 6.42 Å². The van der Waals surface area contributed by atoms with E-state index < -0.39 is 17.9 Å². The molecule has 0 heterocycles. The van der Waals surface area contributed by atoms with Gasteiger partial charge < -0.3 is 10.2 Å². The Morgan fingerprint density at radius 2 is 1.67 bits per heavy atom. The summed E-state index contributed by atoms with van der Waals surface area (Å²) >= 11 is 0. The first kappa shape index (κ1) is 15.0. The number of aliphatic carboxylic acids is 2. The number of carboxylic acid groups (broad SMARTS) is 2. The fourth-order valence-electron chi connectivity index (χ4n) is 0.761. The minimum absolute atomic E-state index is 0. The van der Waals surface area contributed by atoms with E-state index in [1.54, 1.807) is 0 Å². The van der Waals surface area contributed by atoms with Gasteiger partial charge in [0.1, 0.15) is 0 Å². The summed E-state index contributed by atoms with van der Waals surface area (Å²) in [6, 6.07) is 0. The van der Waals surface area contributed by atoms with Crippen LogP contribution in [0.5, 0.6) is 0 Å². The monoisotopic (exact) mass is 300 g/mol. The molecule has 0 unspecified atom stereocenters. The minimum atomic E-state index is -1.24. The molecule has 0 aliphatic rings. The van der Waals surface area contributed by atoms with Gasteiger partial charge in [0.25, 0.3) is 0 Å². The van der Waals surface area contributed by atoms with Gasteiger partial charge in [0, 0.05) is 0 Å². The summed E-state index contributed by atoms with van der Waals surface area (Å²) in [6.45, 7) is 1.89. The summed E-state index contributed by atoms with van der Waals surface area (Å²) in [5.74, 6) is -3.72. The first-order chi connectivity index (χ1) is 5.09. The van der Waals surface area contributed by atoms with Gasteiger partial charge in [-0.05, 0) is 6.42 Å². The van der Waals surface area contributed by atoms with Crippen LogP contribution in [0, 0.1) is 5.92 Å². The summed E-state index contributed by atoms with van der Waals surface area (Å²) in [7, 11) is 0. The molecular weight excluding hydrogens is 285 g/mol. The van der Waals surface area contributed by atoms with Crippen molar-refractivity contribution in [1.82, 2.24) is 0 Å². The molecule has 0 amide bonds. The molecule has 0 aliphatic heterocycles. The van der Waals surface area contributed by atoms with Gasteiger partial charge in [0.05, 0.1) is 0 Å². The molecule has 0 radical (unpaired) electrons. The normalized spacial score (nSPS) is 9.17. The second-order valence-corrected chi connectivity index (χ2v) is 2.37. The van der Waals surface area contributed by atoms with Crippen LogP contribution in [-0.2, 0) is 9.59 Å². The molecule has 0 rings (SSSR count). The van der Waals surface area contributed by atoms with E-state index in [9.17, 15) is 9.59 Å². The molecule has 12 heavy (non-hydrogen) atoms. The van der Waals surface area contributed by atoms with E-state index >= 15 is 0 Å². The van der Waals surface area contributed by atoms with Crippen LogP contribution < -0.4 is 0 Å². The number of carbonyl (C=O) groups is 2. The van der Waals surface area contributed by atoms with E-state index in [1.165, 1.54) is 0 Å². The zero-order valence-electron chi connectivity index (χ0n) is 6.41. The SMILES string of the molecule is CCCCC(C(=O)O)C(=O)O.[BaH2]. The van der Waals surface area contributed by atoms with Crippen molar-refractivity contribution in [2.75, 3.05) is 0 Å². The van der Waals surface area contributed by atoms with Crippen molar-refractivity contribution >= 4 is 60.8 Å². The average Bonchev–Trinajstić information content (AvgIpc) is 1.87. The zero-order valence-corrected chi connectivity index (χ0v) is 6.41. The van der Waals surface area contributed by atoms with Gasteiger partial charge in [0.15, 0.2) is 5.92 Å². The number of hydrogen-bond acceptors (Lipinski definition) is 2. The van der Waals surface area contributed by atoms with Crippen LogP contribution in [0.15, 0.2) is 0 Å². The fourth-order valence-corrected chi connectivity index (χ4v) is 0.761. The quantitative estimate of drug-likeness (QED) is 0.555. The number of rotatable bonds is 5. The Kier molecular flexibility index (Phi) is 10.2. The Labute approximate surface area is 111 Å². The maximum atomic E-state index is 10.3. The van der Waals surface area contributed by atoms with Gasteiger partial charge in [-0.25, -0.2) is 0 Å². The average molecular weight is 300 g/mol. The Morgan fingerprint density at radius 1 is 1.25 bits per heavy atom.